The van der Waals surface area contributed by atoms with Gasteiger partial charge in [-0.25, -0.2) is 0 Å². The summed E-state index contributed by atoms with van der Waals surface area (Å²) in [7, 11) is 4.10. The summed E-state index contributed by atoms with van der Waals surface area (Å²) in [5.74, 6) is 0.426. The van der Waals surface area contributed by atoms with Crippen LogP contribution in [0.3, 0.4) is 0 Å². The number of Topliss-reactive ketones (excluding diaryl/α,β-unsaturated/α-hetero) is 1. The van der Waals surface area contributed by atoms with Gasteiger partial charge >= 0.3 is 0 Å². The number of hydrogen-bond donors (Lipinski definition) is 1. The Morgan fingerprint density at radius 1 is 0.861 bits per heavy atom. The molecule has 36 heavy (non-hydrogen) atoms. The van der Waals surface area contributed by atoms with E-state index in [4.69, 9.17) is 0 Å². The van der Waals surface area contributed by atoms with Crippen molar-refractivity contribution < 1.29 is 4.79 Å². The topological polar surface area (TPSA) is 38.8 Å². The number of fused-ring (bicyclic) bond motifs is 1. The Bertz CT molecular complexity index is 1260. The number of allylic oxidation sites excluding steroid dienone is 1. The average Bonchev–Trinajstić information content (AvgIpc) is 3.07. The Hall–Kier alpha value is -3.73. The number of benzene rings is 3. The van der Waals surface area contributed by atoms with E-state index in [1.54, 1.807) is 0 Å². The van der Waals surface area contributed by atoms with Crippen molar-refractivity contribution in [2.45, 2.75) is 32.6 Å². The largest absolute Gasteiger partial charge is 0.378 e. The van der Waals surface area contributed by atoms with E-state index < -0.39 is 0 Å². The molecule has 3 aromatic rings. The van der Waals surface area contributed by atoms with E-state index in [0.29, 0.717) is 13.0 Å². The maximum absolute atomic E-state index is 13.5. The van der Waals surface area contributed by atoms with Gasteiger partial charge in [-0.3, -0.25) is 4.79 Å². The van der Waals surface area contributed by atoms with Gasteiger partial charge in [-0.05, 0) is 80.3 Å². The number of hydrogen-bond acceptors (Lipinski definition) is 5. The Morgan fingerprint density at radius 3 is 2.19 bits per heavy atom. The molecule has 0 radical (unpaired) electrons. The van der Waals surface area contributed by atoms with Gasteiger partial charge in [0, 0.05) is 61.9 Å². The number of nitrogens with one attached hydrogen (secondary N) is 1. The van der Waals surface area contributed by atoms with E-state index in [1.807, 2.05) is 14.1 Å². The van der Waals surface area contributed by atoms with Crippen LogP contribution in [0.4, 0.5) is 28.4 Å². The lowest BCUT2D eigenvalue weighted by molar-refractivity contribution is -0.116. The van der Waals surface area contributed by atoms with Crippen LogP contribution in [0.1, 0.15) is 38.2 Å². The normalized spacial score (nSPS) is 17.2. The fourth-order valence-electron chi connectivity index (χ4n) is 5.43. The molecule has 1 aliphatic carbocycles. The van der Waals surface area contributed by atoms with Gasteiger partial charge in [0.05, 0.1) is 17.9 Å². The quantitative estimate of drug-likeness (QED) is 0.432. The van der Waals surface area contributed by atoms with Crippen LogP contribution in [-0.2, 0) is 4.79 Å². The minimum Gasteiger partial charge on any atom is -0.378 e. The molecule has 3 aromatic carbocycles. The molecule has 5 nitrogen and oxygen atoms in total. The summed E-state index contributed by atoms with van der Waals surface area (Å²) in [5.41, 5.74) is 8.83. The molecule has 0 fully saturated rings. The van der Waals surface area contributed by atoms with E-state index in [2.05, 4.69) is 107 Å². The predicted octanol–water partition coefficient (Wildman–Crippen LogP) is 6.56. The van der Waals surface area contributed by atoms with Crippen molar-refractivity contribution in [3.63, 3.8) is 0 Å². The number of carbonyl (C=O) groups is 1. The zero-order valence-corrected chi connectivity index (χ0v) is 21.8. The molecule has 0 spiro atoms. The number of ketones is 1. The second kappa shape index (κ2) is 10.1. The molecular formula is C31H36N4O. The lowest BCUT2D eigenvalue weighted by atomic mass is 9.81. The van der Waals surface area contributed by atoms with Gasteiger partial charge in [-0.1, -0.05) is 24.3 Å². The summed E-state index contributed by atoms with van der Waals surface area (Å²) < 4.78 is 0. The maximum Gasteiger partial charge on any atom is 0.163 e. The molecule has 1 N–H and O–H groups in total. The van der Waals surface area contributed by atoms with E-state index in [0.717, 1.165) is 47.8 Å². The SMILES string of the molecule is CCN(CC)c1ccc(N2CC3=C(CC(c4ccc(N(C)C)cc4)CC3=O)Nc3ccccc32)cc1. The summed E-state index contributed by atoms with van der Waals surface area (Å²) in [4.78, 5) is 20.3. The van der Waals surface area contributed by atoms with Crippen LogP contribution in [0.15, 0.2) is 84.1 Å². The second-order valence-electron chi connectivity index (χ2n) is 9.89. The second-order valence-corrected chi connectivity index (χ2v) is 9.89. The first-order valence-corrected chi connectivity index (χ1v) is 13.0. The van der Waals surface area contributed by atoms with Crippen molar-refractivity contribution in [1.29, 1.82) is 0 Å². The molecule has 0 amide bonds. The zero-order chi connectivity index (χ0) is 25.2. The van der Waals surface area contributed by atoms with Gasteiger partial charge in [0.15, 0.2) is 5.78 Å². The standard InChI is InChI=1S/C31H36N4O/c1-5-34(6-2)25-15-17-26(18-16-25)35-21-27-29(32-28-9-7-8-10-30(28)35)19-23(20-31(27)36)22-11-13-24(14-12-22)33(3)4/h7-18,23,32H,5-6,19-21H2,1-4H3. The Kier molecular flexibility index (Phi) is 6.73. The van der Waals surface area contributed by atoms with Crippen molar-refractivity contribution in [1.82, 2.24) is 0 Å². The first-order valence-electron chi connectivity index (χ1n) is 13.0. The van der Waals surface area contributed by atoms with Crippen LogP contribution in [0.2, 0.25) is 0 Å². The third kappa shape index (κ3) is 4.58. The number of nitrogens with zero attached hydrogens (tertiary/aromatic N) is 3. The van der Waals surface area contributed by atoms with Crippen LogP contribution in [0.25, 0.3) is 0 Å². The predicted molar refractivity (Wildman–Crippen MR) is 152 cm³/mol. The fourth-order valence-corrected chi connectivity index (χ4v) is 5.43. The van der Waals surface area contributed by atoms with Crippen molar-refractivity contribution in [2.24, 2.45) is 0 Å². The van der Waals surface area contributed by atoms with Crippen LogP contribution in [0, 0.1) is 0 Å². The minimum atomic E-state index is 0.187. The third-order valence-corrected chi connectivity index (χ3v) is 7.55. The number of anilines is 5. The molecular weight excluding hydrogens is 444 g/mol. The summed E-state index contributed by atoms with van der Waals surface area (Å²) in [6, 6.07) is 25.7. The van der Waals surface area contributed by atoms with Crippen molar-refractivity contribution >= 4 is 34.2 Å². The van der Waals surface area contributed by atoms with E-state index >= 15 is 0 Å². The smallest absolute Gasteiger partial charge is 0.163 e. The first-order chi connectivity index (χ1) is 17.5. The van der Waals surface area contributed by atoms with Gasteiger partial charge < -0.3 is 20.0 Å². The van der Waals surface area contributed by atoms with Crippen LogP contribution in [-0.4, -0.2) is 39.5 Å². The highest BCUT2D eigenvalue weighted by Crippen LogP contribution is 2.42. The molecule has 0 saturated heterocycles. The lowest BCUT2D eigenvalue weighted by Crippen LogP contribution is -2.28. The molecule has 0 aromatic heterocycles. The molecule has 1 atom stereocenters. The highest BCUT2D eigenvalue weighted by Gasteiger charge is 2.33. The number of rotatable bonds is 6. The van der Waals surface area contributed by atoms with Crippen molar-refractivity contribution in [3.8, 4) is 0 Å². The lowest BCUT2D eigenvalue weighted by Gasteiger charge is -2.29. The number of para-hydroxylation sites is 2. The molecule has 0 saturated carbocycles. The third-order valence-electron chi connectivity index (χ3n) is 7.55. The molecule has 5 heteroatoms. The summed E-state index contributed by atoms with van der Waals surface area (Å²) in [5, 5.41) is 3.67. The summed E-state index contributed by atoms with van der Waals surface area (Å²) in [6.07, 6.45) is 1.39. The van der Waals surface area contributed by atoms with Crippen molar-refractivity contribution in [3.05, 3.63) is 89.6 Å². The fraction of sp³-hybridized carbons (Fsp3) is 0.323. The van der Waals surface area contributed by atoms with E-state index in [1.165, 1.54) is 16.9 Å². The molecule has 1 unspecified atom stereocenters. The average molecular weight is 481 g/mol. The molecule has 0 bridgehead atoms. The Balaban J connectivity index is 1.47. The molecule has 1 aliphatic heterocycles. The summed E-state index contributed by atoms with van der Waals surface area (Å²) >= 11 is 0. The van der Waals surface area contributed by atoms with Gasteiger partial charge in [-0.2, -0.15) is 0 Å². The van der Waals surface area contributed by atoms with Gasteiger partial charge in [-0.15, -0.1) is 0 Å². The molecule has 186 valence electrons. The highest BCUT2D eigenvalue weighted by atomic mass is 16.1. The van der Waals surface area contributed by atoms with Crippen LogP contribution >= 0.6 is 0 Å². The minimum absolute atomic E-state index is 0.187. The van der Waals surface area contributed by atoms with Gasteiger partial charge in [0.25, 0.3) is 0 Å². The van der Waals surface area contributed by atoms with Crippen LogP contribution in [0.5, 0.6) is 0 Å². The van der Waals surface area contributed by atoms with Gasteiger partial charge in [0.1, 0.15) is 0 Å². The summed E-state index contributed by atoms with van der Waals surface area (Å²) in [6.45, 7) is 6.91. The van der Waals surface area contributed by atoms with Crippen molar-refractivity contribution in [2.75, 3.05) is 53.7 Å². The monoisotopic (exact) mass is 480 g/mol. The van der Waals surface area contributed by atoms with E-state index in [-0.39, 0.29) is 11.7 Å². The maximum atomic E-state index is 13.5. The highest BCUT2D eigenvalue weighted by molar-refractivity contribution is 6.01. The zero-order valence-electron chi connectivity index (χ0n) is 21.8. The Labute approximate surface area is 215 Å². The number of carbonyl (C=O) groups excluding carboxylic acids is 1. The molecule has 5 rings (SSSR count). The van der Waals surface area contributed by atoms with Crippen LogP contribution < -0.4 is 20.0 Å². The first kappa shape index (κ1) is 24.0. The van der Waals surface area contributed by atoms with Gasteiger partial charge in [0.2, 0.25) is 0 Å². The molecule has 1 heterocycles. The Morgan fingerprint density at radius 2 is 1.53 bits per heavy atom. The molecule has 2 aliphatic rings. The van der Waals surface area contributed by atoms with E-state index in [9.17, 15) is 4.79 Å².